The Kier molecular flexibility index (Phi) is 5.61. The van der Waals surface area contributed by atoms with E-state index in [0.29, 0.717) is 29.6 Å². The minimum Gasteiger partial charge on any atom is -0.507 e. The largest absolute Gasteiger partial charge is 0.507 e. The molecule has 1 unspecified atom stereocenters. The van der Waals surface area contributed by atoms with Crippen LogP contribution in [-0.2, 0) is 10.9 Å². The molecule has 3 aromatic rings. The van der Waals surface area contributed by atoms with Gasteiger partial charge in [0.05, 0.1) is 23.3 Å². The molecule has 0 bridgehead atoms. The third-order valence-corrected chi connectivity index (χ3v) is 6.31. The predicted molar refractivity (Wildman–Crippen MR) is 112 cm³/mol. The van der Waals surface area contributed by atoms with Gasteiger partial charge < -0.3 is 15.2 Å². The number of hydrogen-bond acceptors (Lipinski definition) is 6. The highest BCUT2D eigenvalue weighted by Crippen LogP contribution is 2.39. The molecule has 33 heavy (non-hydrogen) atoms. The number of rotatable bonds is 4. The molecule has 0 aliphatic carbocycles. The van der Waals surface area contributed by atoms with Gasteiger partial charge in [0.25, 0.3) is 0 Å². The first-order chi connectivity index (χ1) is 15.8. The van der Waals surface area contributed by atoms with Gasteiger partial charge in [0, 0.05) is 31.4 Å². The van der Waals surface area contributed by atoms with E-state index in [2.05, 4.69) is 20.4 Å². The first-order valence-electron chi connectivity index (χ1n) is 10.8. The van der Waals surface area contributed by atoms with Crippen LogP contribution in [0.1, 0.15) is 24.8 Å². The summed E-state index contributed by atoms with van der Waals surface area (Å²) in [6.07, 6.45) is -0.0749. The lowest BCUT2D eigenvalue weighted by Crippen LogP contribution is -2.47. The number of piperidine rings is 1. The summed E-state index contributed by atoms with van der Waals surface area (Å²) in [6.45, 7) is 3.37. The van der Waals surface area contributed by atoms with Crippen molar-refractivity contribution in [2.24, 2.45) is 0 Å². The van der Waals surface area contributed by atoms with Crippen LogP contribution >= 0.6 is 0 Å². The van der Waals surface area contributed by atoms with Crippen LogP contribution in [0.5, 0.6) is 5.75 Å². The van der Waals surface area contributed by atoms with Crippen molar-refractivity contribution < 1.29 is 27.4 Å². The predicted octanol–water partition coefficient (Wildman–Crippen LogP) is 3.93. The van der Waals surface area contributed by atoms with Crippen LogP contribution in [0.15, 0.2) is 30.5 Å². The number of nitrogens with zero attached hydrogens (tertiary/aromatic N) is 4. The number of nitrogens with one attached hydrogen (secondary N) is 1. The number of aromatic nitrogens is 3. The Balaban J connectivity index is 1.44. The monoisotopic (exact) mass is 465 g/mol. The summed E-state index contributed by atoms with van der Waals surface area (Å²) in [6, 6.07) is 4.74. The normalized spacial score (nSPS) is 22.2. The minimum atomic E-state index is -4.78. The molecule has 4 heterocycles. The van der Waals surface area contributed by atoms with Crippen molar-refractivity contribution >= 4 is 11.5 Å². The second-order valence-electron chi connectivity index (χ2n) is 8.48. The highest BCUT2D eigenvalue weighted by Gasteiger charge is 2.33. The molecule has 0 amide bonds. The van der Waals surface area contributed by atoms with Crippen molar-refractivity contribution in [1.82, 2.24) is 19.5 Å². The summed E-state index contributed by atoms with van der Waals surface area (Å²) in [7, 11) is 0. The van der Waals surface area contributed by atoms with Crippen LogP contribution in [0.25, 0.3) is 16.8 Å². The molecule has 2 aromatic heterocycles. The van der Waals surface area contributed by atoms with Gasteiger partial charge in [-0.15, -0.1) is 10.2 Å². The number of phenols is 1. The first-order valence-corrected chi connectivity index (χ1v) is 10.8. The molecule has 5 rings (SSSR count). The first kappa shape index (κ1) is 21.9. The zero-order chi connectivity index (χ0) is 23.2. The molecule has 11 heteroatoms. The van der Waals surface area contributed by atoms with E-state index in [1.54, 1.807) is 22.7 Å². The average Bonchev–Trinajstić information content (AvgIpc) is 3.47. The molecule has 1 aromatic carbocycles. The molecule has 0 radical (unpaired) electrons. The van der Waals surface area contributed by atoms with Gasteiger partial charge in [-0.3, -0.25) is 9.30 Å². The fourth-order valence-corrected chi connectivity index (χ4v) is 4.67. The molecule has 2 saturated heterocycles. The van der Waals surface area contributed by atoms with Gasteiger partial charge in [0.1, 0.15) is 17.3 Å². The summed E-state index contributed by atoms with van der Waals surface area (Å²) in [5.74, 6) is -1.62. The molecule has 2 atom stereocenters. The number of aromatic hydroxyl groups is 1. The fraction of sp³-hybridized carbons (Fsp3) is 0.455. The SMILES string of the molecule is Oc1cc(C(F)(F)F)cc(F)c1-c1nnc(N[C@@H]2CCCN(C3CCOC3)C2)n2cccc12. The van der Waals surface area contributed by atoms with E-state index in [1.165, 1.54) is 0 Å². The summed E-state index contributed by atoms with van der Waals surface area (Å²) in [5.41, 5.74) is -1.31. The molecule has 0 saturated carbocycles. The number of anilines is 1. The highest BCUT2D eigenvalue weighted by atomic mass is 19.4. The van der Waals surface area contributed by atoms with Crippen molar-refractivity contribution in [1.29, 1.82) is 0 Å². The van der Waals surface area contributed by atoms with Gasteiger partial charge >= 0.3 is 6.18 Å². The zero-order valence-electron chi connectivity index (χ0n) is 17.6. The van der Waals surface area contributed by atoms with Crippen molar-refractivity contribution in [3.8, 4) is 17.0 Å². The molecule has 2 N–H and O–H groups in total. The van der Waals surface area contributed by atoms with E-state index in [4.69, 9.17) is 4.74 Å². The quantitative estimate of drug-likeness (QED) is 0.569. The average molecular weight is 465 g/mol. The van der Waals surface area contributed by atoms with E-state index in [0.717, 1.165) is 45.6 Å². The van der Waals surface area contributed by atoms with Gasteiger partial charge in [-0.2, -0.15) is 13.2 Å². The van der Waals surface area contributed by atoms with Crippen molar-refractivity contribution in [3.63, 3.8) is 0 Å². The molecule has 2 aliphatic rings. The smallest absolute Gasteiger partial charge is 0.416 e. The van der Waals surface area contributed by atoms with Crippen molar-refractivity contribution in [2.45, 2.75) is 37.5 Å². The van der Waals surface area contributed by atoms with Crippen molar-refractivity contribution in [2.75, 3.05) is 31.6 Å². The molecule has 0 spiro atoms. The Bertz CT molecular complexity index is 1140. The van der Waals surface area contributed by atoms with Crippen LogP contribution < -0.4 is 5.32 Å². The van der Waals surface area contributed by atoms with Crippen molar-refractivity contribution in [3.05, 3.63) is 41.8 Å². The van der Waals surface area contributed by atoms with Crippen LogP contribution in [0.4, 0.5) is 23.5 Å². The number of likely N-dealkylation sites (tertiary alicyclic amines) is 1. The molecule has 176 valence electrons. The Morgan fingerprint density at radius 1 is 1.18 bits per heavy atom. The summed E-state index contributed by atoms with van der Waals surface area (Å²) in [5, 5.41) is 21.9. The van der Waals surface area contributed by atoms with Crippen LogP contribution in [-0.4, -0.2) is 63.0 Å². The molecular formula is C22H23F4N5O2. The summed E-state index contributed by atoms with van der Waals surface area (Å²) in [4.78, 5) is 2.42. The van der Waals surface area contributed by atoms with E-state index in [1.807, 2.05) is 0 Å². The third kappa shape index (κ3) is 4.22. The Morgan fingerprint density at radius 2 is 2.03 bits per heavy atom. The molecular weight excluding hydrogens is 442 g/mol. The minimum absolute atomic E-state index is 0.0392. The second-order valence-corrected chi connectivity index (χ2v) is 8.48. The Labute approximate surface area is 187 Å². The summed E-state index contributed by atoms with van der Waals surface area (Å²) < 4.78 is 60.7. The maximum Gasteiger partial charge on any atom is 0.416 e. The van der Waals surface area contributed by atoms with Gasteiger partial charge in [0.15, 0.2) is 0 Å². The third-order valence-electron chi connectivity index (χ3n) is 6.31. The van der Waals surface area contributed by atoms with Crippen LogP contribution in [0, 0.1) is 5.82 Å². The molecule has 2 aliphatic heterocycles. The van der Waals surface area contributed by atoms with Crippen LogP contribution in [0.3, 0.4) is 0 Å². The van der Waals surface area contributed by atoms with E-state index in [-0.39, 0.29) is 11.7 Å². The topological polar surface area (TPSA) is 74.9 Å². The lowest BCUT2D eigenvalue weighted by molar-refractivity contribution is -0.137. The van der Waals surface area contributed by atoms with E-state index >= 15 is 0 Å². The number of hydrogen-bond donors (Lipinski definition) is 2. The van der Waals surface area contributed by atoms with E-state index < -0.39 is 28.9 Å². The van der Waals surface area contributed by atoms with Gasteiger partial charge in [-0.05, 0) is 50.1 Å². The standard InChI is InChI=1S/C22H23F4N5O2/c23-16-9-13(22(24,25)26)10-18(32)19(16)20-17-4-2-7-31(17)21(29-28-20)27-14-3-1-6-30(11-14)15-5-8-33-12-15/h2,4,7,9-10,14-15,32H,1,3,5-6,8,11-12H2,(H,27,29)/t14-,15?/m1/s1. The number of alkyl halides is 3. The number of ether oxygens (including phenoxy) is 1. The number of benzene rings is 1. The molecule has 2 fully saturated rings. The number of fused-ring (bicyclic) bond motifs is 1. The van der Waals surface area contributed by atoms with Crippen LogP contribution in [0.2, 0.25) is 0 Å². The van der Waals surface area contributed by atoms with Gasteiger partial charge in [0.2, 0.25) is 5.95 Å². The maximum absolute atomic E-state index is 14.7. The fourth-order valence-electron chi connectivity index (χ4n) is 4.67. The summed E-state index contributed by atoms with van der Waals surface area (Å²) >= 11 is 0. The Hall–Kier alpha value is -2.92. The van der Waals surface area contributed by atoms with E-state index in [9.17, 15) is 22.7 Å². The number of halogens is 4. The molecule has 7 nitrogen and oxygen atoms in total. The Morgan fingerprint density at radius 3 is 2.76 bits per heavy atom. The zero-order valence-corrected chi connectivity index (χ0v) is 17.6. The van der Waals surface area contributed by atoms with Gasteiger partial charge in [-0.1, -0.05) is 0 Å². The lowest BCUT2D eigenvalue weighted by Gasteiger charge is -2.36. The lowest BCUT2D eigenvalue weighted by atomic mass is 10.0. The van der Waals surface area contributed by atoms with Gasteiger partial charge in [-0.25, -0.2) is 4.39 Å². The number of phenolic OH excluding ortho intramolecular Hbond substituents is 1. The highest BCUT2D eigenvalue weighted by molar-refractivity contribution is 5.81. The maximum atomic E-state index is 14.7. The second kappa shape index (κ2) is 8.45.